The second kappa shape index (κ2) is 10.4. The SMILES string of the molecule is C/C=C\C=C/c1ccc(CN(C)CC(C)(C)CC(C)(C)CC(=O)NO)cc1. The van der Waals surface area contributed by atoms with Gasteiger partial charge in [0.25, 0.3) is 0 Å². The third-order valence-electron chi connectivity index (χ3n) is 4.44. The monoisotopic (exact) mass is 372 g/mol. The summed E-state index contributed by atoms with van der Waals surface area (Å²) in [7, 11) is 2.13. The van der Waals surface area contributed by atoms with E-state index in [4.69, 9.17) is 5.21 Å². The first-order valence-corrected chi connectivity index (χ1v) is 9.57. The van der Waals surface area contributed by atoms with Gasteiger partial charge in [-0.05, 0) is 42.3 Å². The molecule has 1 rings (SSSR count). The van der Waals surface area contributed by atoms with Crippen LogP contribution in [0.3, 0.4) is 0 Å². The minimum atomic E-state index is -0.326. The van der Waals surface area contributed by atoms with E-state index < -0.39 is 0 Å². The predicted octanol–water partition coefficient (Wildman–Crippen LogP) is 5.05. The standard InChI is InChI=1S/C23H36N2O2/c1-7-8-9-10-19-11-13-20(14-12-19)16-25(6)18-23(4,5)17-22(2,3)15-21(26)24-27/h7-14,27H,15-18H2,1-6H3,(H,24,26)/b8-7-,10-9-. The fourth-order valence-electron chi connectivity index (χ4n) is 4.00. The van der Waals surface area contributed by atoms with Crippen molar-refractivity contribution in [3.63, 3.8) is 0 Å². The Balaban J connectivity index is 2.61. The Labute approximate surface area is 164 Å². The molecule has 1 aromatic carbocycles. The highest BCUT2D eigenvalue weighted by Crippen LogP contribution is 2.36. The number of hydroxylamine groups is 1. The van der Waals surface area contributed by atoms with Crippen molar-refractivity contribution in [2.75, 3.05) is 13.6 Å². The summed E-state index contributed by atoms with van der Waals surface area (Å²) in [6.07, 6.45) is 9.39. The molecule has 0 saturated carbocycles. The van der Waals surface area contributed by atoms with E-state index in [2.05, 4.69) is 70.0 Å². The second-order valence-electron chi connectivity index (χ2n) is 9.02. The summed E-state index contributed by atoms with van der Waals surface area (Å²) in [5.74, 6) is -0.326. The van der Waals surface area contributed by atoms with Gasteiger partial charge in [-0.1, -0.05) is 76.3 Å². The highest BCUT2D eigenvalue weighted by atomic mass is 16.5. The molecule has 1 aromatic rings. The van der Waals surface area contributed by atoms with Crippen molar-refractivity contribution in [2.24, 2.45) is 10.8 Å². The maximum atomic E-state index is 11.5. The molecule has 0 aliphatic heterocycles. The number of allylic oxidation sites excluding steroid dienone is 3. The lowest BCUT2D eigenvalue weighted by Gasteiger charge is -2.37. The Morgan fingerprint density at radius 1 is 1.11 bits per heavy atom. The number of rotatable bonds is 10. The highest BCUT2D eigenvalue weighted by molar-refractivity contribution is 5.75. The highest BCUT2D eigenvalue weighted by Gasteiger charge is 2.31. The molecular formula is C23H36N2O2. The summed E-state index contributed by atoms with van der Waals surface area (Å²) in [4.78, 5) is 13.8. The zero-order chi connectivity index (χ0) is 20.5. The van der Waals surface area contributed by atoms with Crippen LogP contribution in [-0.4, -0.2) is 29.6 Å². The predicted molar refractivity (Wildman–Crippen MR) is 113 cm³/mol. The number of nitrogens with one attached hydrogen (secondary N) is 1. The van der Waals surface area contributed by atoms with Gasteiger partial charge in [0.1, 0.15) is 0 Å². The molecule has 0 atom stereocenters. The zero-order valence-corrected chi connectivity index (χ0v) is 17.7. The molecule has 0 heterocycles. The average Bonchev–Trinajstić information content (AvgIpc) is 2.54. The van der Waals surface area contributed by atoms with Crippen LogP contribution in [0, 0.1) is 10.8 Å². The summed E-state index contributed by atoms with van der Waals surface area (Å²) < 4.78 is 0. The number of hydrogen-bond acceptors (Lipinski definition) is 3. The maximum absolute atomic E-state index is 11.5. The molecule has 0 saturated heterocycles. The summed E-state index contributed by atoms with van der Waals surface area (Å²) in [6, 6.07) is 8.64. The molecule has 0 aromatic heterocycles. The van der Waals surface area contributed by atoms with Gasteiger partial charge in [0, 0.05) is 19.5 Å². The third-order valence-corrected chi connectivity index (χ3v) is 4.44. The molecule has 0 aliphatic carbocycles. The molecule has 0 fully saturated rings. The third kappa shape index (κ3) is 9.55. The molecule has 0 radical (unpaired) electrons. The number of carbonyl (C=O) groups excluding carboxylic acids is 1. The number of nitrogens with zero attached hydrogens (tertiary/aromatic N) is 1. The van der Waals surface area contributed by atoms with Crippen molar-refractivity contribution in [3.05, 3.63) is 53.6 Å². The molecule has 4 nitrogen and oxygen atoms in total. The molecular weight excluding hydrogens is 336 g/mol. The largest absolute Gasteiger partial charge is 0.302 e. The summed E-state index contributed by atoms with van der Waals surface area (Å²) >= 11 is 0. The van der Waals surface area contributed by atoms with Crippen LogP contribution in [-0.2, 0) is 11.3 Å². The molecule has 0 bridgehead atoms. The van der Waals surface area contributed by atoms with Crippen molar-refractivity contribution in [3.8, 4) is 0 Å². The van der Waals surface area contributed by atoms with E-state index in [1.807, 2.05) is 25.2 Å². The van der Waals surface area contributed by atoms with Gasteiger partial charge in [0.05, 0.1) is 0 Å². The second-order valence-corrected chi connectivity index (χ2v) is 9.02. The first-order valence-electron chi connectivity index (χ1n) is 9.57. The van der Waals surface area contributed by atoms with Crippen molar-refractivity contribution < 1.29 is 10.0 Å². The maximum Gasteiger partial charge on any atom is 0.243 e. The minimum Gasteiger partial charge on any atom is -0.302 e. The molecule has 0 aliphatic rings. The van der Waals surface area contributed by atoms with Crippen molar-refractivity contribution >= 4 is 12.0 Å². The topological polar surface area (TPSA) is 52.6 Å². The van der Waals surface area contributed by atoms with Gasteiger partial charge in [0.2, 0.25) is 5.91 Å². The van der Waals surface area contributed by atoms with Gasteiger partial charge < -0.3 is 4.90 Å². The molecule has 0 unspecified atom stereocenters. The summed E-state index contributed by atoms with van der Waals surface area (Å²) in [5, 5.41) is 8.77. The average molecular weight is 373 g/mol. The fourth-order valence-corrected chi connectivity index (χ4v) is 4.00. The van der Waals surface area contributed by atoms with Gasteiger partial charge in [-0.25, -0.2) is 5.48 Å². The van der Waals surface area contributed by atoms with E-state index in [0.29, 0.717) is 6.42 Å². The van der Waals surface area contributed by atoms with Crippen LogP contribution in [0.15, 0.2) is 42.5 Å². The Kier molecular flexibility index (Phi) is 8.94. The van der Waals surface area contributed by atoms with Crippen molar-refractivity contribution in [1.82, 2.24) is 10.4 Å². The lowest BCUT2D eigenvalue weighted by Crippen LogP contribution is -2.36. The van der Waals surface area contributed by atoms with Crippen LogP contribution in [0.5, 0.6) is 0 Å². The van der Waals surface area contributed by atoms with Crippen molar-refractivity contribution in [1.29, 1.82) is 0 Å². The van der Waals surface area contributed by atoms with E-state index in [1.54, 1.807) is 5.48 Å². The summed E-state index contributed by atoms with van der Waals surface area (Å²) in [5.41, 5.74) is 4.12. The number of benzene rings is 1. The Hall–Kier alpha value is -1.91. The summed E-state index contributed by atoms with van der Waals surface area (Å²) in [6.45, 7) is 12.4. The fraction of sp³-hybridized carbons (Fsp3) is 0.522. The van der Waals surface area contributed by atoms with Crippen molar-refractivity contribution in [2.45, 2.75) is 54.0 Å². The van der Waals surface area contributed by atoms with E-state index >= 15 is 0 Å². The van der Waals surface area contributed by atoms with Crippen LogP contribution >= 0.6 is 0 Å². The molecule has 150 valence electrons. The van der Waals surface area contributed by atoms with Gasteiger partial charge in [0.15, 0.2) is 0 Å². The van der Waals surface area contributed by atoms with Crippen LogP contribution in [0.25, 0.3) is 6.08 Å². The van der Waals surface area contributed by atoms with E-state index in [1.165, 1.54) is 11.1 Å². The lowest BCUT2D eigenvalue weighted by molar-refractivity contribution is -0.131. The molecule has 1 amide bonds. The molecule has 27 heavy (non-hydrogen) atoms. The first kappa shape index (κ1) is 23.1. The van der Waals surface area contributed by atoms with Crippen LogP contribution in [0.1, 0.15) is 58.6 Å². The van der Waals surface area contributed by atoms with Crippen LogP contribution in [0.4, 0.5) is 0 Å². The van der Waals surface area contributed by atoms with Gasteiger partial charge in [-0.2, -0.15) is 0 Å². The number of carbonyl (C=O) groups is 1. The van der Waals surface area contributed by atoms with Crippen LogP contribution < -0.4 is 5.48 Å². The minimum absolute atomic E-state index is 0.0587. The number of amides is 1. The molecule has 4 heteroatoms. The van der Waals surface area contributed by atoms with E-state index in [9.17, 15) is 4.79 Å². The normalized spacial score (nSPS) is 13.0. The van der Waals surface area contributed by atoms with Crippen LogP contribution in [0.2, 0.25) is 0 Å². The molecule has 2 N–H and O–H groups in total. The van der Waals surface area contributed by atoms with Gasteiger partial charge in [-0.15, -0.1) is 0 Å². The first-order chi connectivity index (χ1) is 12.6. The smallest absolute Gasteiger partial charge is 0.243 e. The molecule has 0 spiro atoms. The Bertz CT molecular complexity index is 643. The van der Waals surface area contributed by atoms with E-state index in [0.717, 1.165) is 19.5 Å². The zero-order valence-electron chi connectivity index (χ0n) is 17.7. The van der Waals surface area contributed by atoms with E-state index in [-0.39, 0.29) is 16.7 Å². The lowest BCUT2D eigenvalue weighted by atomic mass is 9.73. The number of hydrogen-bond donors (Lipinski definition) is 2. The van der Waals surface area contributed by atoms with Gasteiger partial charge in [-0.3, -0.25) is 10.0 Å². The quantitative estimate of drug-likeness (QED) is 0.343. The van der Waals surface area contributed by atoms with Gasteiger partial charge >= 0.3 is 0 Å². The Morgan fingerprint density at radius 2 is 1.74 bits per heavy atom. The Morgan fingerprint density at radius 3 is 2.30 bits per heavy atom.